The lowest BCUT2D eigenvalue weighted by molar-refractivity contribution is -0.124. The highest BCUT2D eigenvalue weighted by molar-refractivity contribution is 6.22. The monoisotopic (exact) mass is 293 g/mol. The van der Waals surface area contributed by atoms with Crippen LogP contribution in [-0.4, -0.2) is 11.7 Å². The first-order valence-electron chi connectivity index (χ1n) is 7.53. The zero-order valence-electron chi connectivity index (χ0n) is 13.1. The van der Waals surface area contributed by atoms with Gasteiger partial charge in [-0.3, -0.25) is 9.59 Å². The number of carbonyl (C=O) groups is 2. The molecule has 0 aromatic heterocycles. The summed E-state index contributed by atoms with van der Waals surface area (Å²) in [5, 5.41) is 2.92. The van der Waals surface area contributed by atoms with Gasteiger partial charge in [-0.15, -0.1) is 0 Å². The third-order valence-electron chi connectivity index (χ3n) is 4.48. The molecule has 0 fully saturated rings. The van der Waals surface area contributed by atoms with Crippen LogP contribution in [0.25, 0.3) is 11.1 Å². The zero-order chi connectivity index (χ0) is 15.9. The number of carbonyl (C=O) groups excluding carboxylic acids is 2. The van der Waals surface area contributed by atoms with Crippen LogP contribution in [0.2, 0.25) is 0 Å². The third-order valence-corrected chi connectivity index (χ3v) is 4.48. The minimum Gasteiger partial charge on any atom is -0.326 e. The predicted molar refractivity (Wildman–Crippen MR) is 88.0 cm³/mol. The number of amides is 1. The molecule has 0 unspecified atom stereocenters. The van der Waals surface area contributed by atoms with Crippen LogP contribution >= 0.6 is 0 Å². The second kappa shape index (κ2) is 5.09. The molecule has 2 aromatic rings. The van der Waals surface area contributed by atoms with Gasteiger partial charge in [0.15, 0.2) is 5.78 Å². The Morgan fingerprint density at radius 3 is 2.32 bits per heavy atom. The fraction of sp³-hybridized carbons (Fsp3) is 0.263. The van der Waals surface area contributed by atoms with Crippen molar-refractivity contribution in [2.24, 2.45) is 5.41 Å². The number of benzene rings is 2. The molecular weight excluding hydrogens is 274 g/mol. The Hall–Kier alpha value is -2.42. The Morgan fingerprint density at radius 1 is 1.00 bits per heavy atom. The Labute approximate surface area is 130 Å². The van der Waals surface area contributed by atoms with Gasteiger partial charge in [-0.05, 0) is 29.7 Å². The highest BCUT2D eigenvalue weighted by atomic mass is 16.2. The molecule has 22 heavy (non-hydrogen) atoms. The fourth-order valence-electron chi connectivity index (χ4n) is 2.57. The molecule has 1 amide bonds. The van der Waals surface area contributed by atoms with E-state index in [4.69, 9.17) is 0 Å². The Kier molecular flexibility index (Phi) is 3.36. The topological polar surface area (TPSA) is 46.2 Å². The van der Waals surface area contributed by atoms with Crippen molar-refractivity contribution in [2.75, 3.05) is 5.32 Å². The molecule has 0 atom stereocenters. The van der Waals surface area contributed by atoms with Crippen LogP contribution in [-0.2, 0) is 4.79 Å². The summed E-state index contributed by atoms with van der Waals surface area (Å²) in [5.74, 6) is -0.00522. The van der Waals surface area contributed by atoms with E-state index in [1.54, 1.807) is 6.07 Å². The molecule has 0 aliphatic heterocycles. The number of ketones is 1. The van der Waals surface area contributed by atoms with Crippen LogP contribution in [0, 0.1) is 5.41 Å². The summed E-state index contributed by atoms with van der Waals surface area (Å²) >= 11 is 0. The SMILES string of the molecule is CCC(C)(C)C(=O)Nc1ccc2c(c1)C(=O)c1ccccc1-2. The quantitative estimate of drug-likeness (QED) is 0.783. The lowest BCUT2D eigenvalue weighted by atomic mass is 9.89. The number of anilines is 1. The molecule has 3 nitrogen and oxygen atoms in total. The van der Waals surface area contributed by atoms with Crippen molar-refractivity contribution in [1.82, 2.24) is 0 Å². The summed E-state index contributed by atoms with van der Waals surface area (Å²) < 4.78 is 0. The maximum absolute atomic E-state index is 12.5. The predicted octanol–water partition coefficient (Wildman–Crippen LogP) is 4.27. The second-order valence-electron chi connectivity index (χ2n) is 6.33. The van der Waals surface area contributed by atoms with E-state index < -0.39 is 5.41 Å². The van der Waals surface area contributed by atoms with Gasteiger partial charge in [0, 0.05) is 22.2 Å². The Bertz CT molecular complexity index is 775. The summed E-state index contributed by atoms with van der Waals surface area (Å²) in [4.78, 5) is 24.7. The standard InChI is InChI=1S/C19H19NO2/c1-4-19(2,3)18(22)20-12-9-10-14-13-7-5-6-8-15(13)17(21)16(14)11-12/h5-11H,4H2,1-3H3,(H,20,22). The average Bonchev–Trinajstić information content (AvgIpc) is 2.80. The molecule has 1 aliphatic carbocycles. The molecule has 0 spiro atoms. The number of fused-ring (bicyclic) bond motifs is 3. The van der Waals surface area contributed by atoms with Crippen LogP contribution < -0.4 is 5.32 Å². The van der Waals surface area contributed by atoms with Gasteiger partial charge < -0.3 is 5.32 Å². The Balaban J connectivity index is 1.94. The number of rotatable bonds is 3. The van der Waals surface area contributed by atoms with Gasteiger partial charge in [0.1, 0.15) is 0 Å². The highest BCUT2D eigenvalue weighted by Crippen LogP contribution is 2.37. The van der Waals surface area contributed by atoms with Gasteiger partial charge in [-0.2, -0.15) is 0 Å². The minimum absolute atomic E-state index is 0.0245. The van der Waals surface area contributed by atoms with E-state index in [9.17, 15) is 9.59 Å². The van der Waals surface area contributed by atoms with Gasteiger partial charge in [0.2, 0.25) is 5.91 Å². The van der Waals surface area contributed by atoms with Crippen molar-refractivity contribution in [2.45, 2.75) is 27.2 Å². The highest BCUT2D eigenvalue weighted by Gasteiger charge is 2.28. The lowest BCUT2D eigenvalue weighted by Crippen LogP contribution is -2.30. The van der Waals surface area contributed by atoms with Gasteiger partial charge in [-0.1, -0.05) is 51.1 Å². The van der Waals surface area contributed by atoms with E-state index in [0.29, 0.717) is 11.3 Å². The van der Waals surface area contributed by atoms with Crippen molar-refractivity contribution in [3.63, 3.8) is 0 Å². The van der Waals surface area contributed by atoms with E-state index in [1.807, 2.05) is 57.2 Å². The van der Waals surface area contributed by atoms with E-state index >= 15 is 0 Å². The number of hydrogen-bond acceptors (Lipinski definition) is 2. The Morgan fingerprint density at radius 2 is 1.64 bits per heavy atom. The molecule has 0 bridgehead atoms. The largest absolute Gasteiger partial charge is 0.326 e. The van der Waals surface area contributed by atoms with E-state index in [2.05, 4.69) is 5.32 Å². The van der Waals surface area contributed by atoms with E-state index in [0.717, 1.165) is 23.1 Å². The second-order valence-corrected chi connectivity index (χ2v) is 6.33. The molecule has 1 aliphatic rings. The molecule has 3 heteroatoms. The summed E-state index contributed by atoms with van der Waals surface area (Å²) in [5.41, 5.74) is 3.55. The molecule has 3 rings (SSSR count). The smallest absolute Gasteiger partial charge is 0.230 e. The van der Waals surface area contributed by atoms with Crippen molar-refractivity contribution >= 4 is 17.4 Å². The number of hydrogen-bond donors (Lipinski definition) is 1. The van der Waals surface area contributed by atoms with Crippen molar-refractivity contribution in [1.29, 1.82) is 0 Å². The molecule has 0 saturated heterocycles. The van der Waals surface area contributed by atoms with E-state index in [-0.39, 0.29) is 11.7 Å². The molecule has 0 radical (unpaired) electrons. The van der Waals surface area contributed by atoms with Gasteiger partial charge >= 0.3 is 0 Å². The van der Waals surface area contributed by atoms with Crippen LogP contribution in [0.4, 0.5) is 5.69 Å². The van der Waals surface area contributed by atoms with Crippen LogP contribution in [0.15, 0.2) is 42.5 Å². The molecule has 0 saturated carbocycles. The zero-order valence-corrected chi connectivity index (χ0v) is 13.1. The number of nitrogens with one attached hydrogen (secondary N) is 1. The molecule has 1 N–H and O–H groups in total. The summed E-state index contributed by atoms with van der Waals surface area (Å²) in [6, 6.07) is 13.1. The van der Waals surface area contributed by atoms with Crippen LogP contribution in [0.1, 0.15) is 43.1 Å². The lowest BCUT2D eigenvalue weighted by Gasteiger charge is -2.21. The molecule has 2 aromatic carbocycles. The average molecular weight is 293 g/mol. The maximum atomic E-state index is 12.5. The van der Waals surface area contributed by atoms with Crippen molar-refractivity contribution in [3.8, 4) is 11.1 Å². The van der Waals surface area contributed by atoms with Gasteiger partial charge in [0.05, 0.1) is 0 Å². The third kappa shape index (κ3) is 2.23. The van der Waals surface area contributed by atoms with Crippen LogP contribution in [0.5, 0.6) is 0 Å². The minimum atomic E-state index is -0.425. The summed E-state index contributed by atoms with van der Waals surface area (Å²) in [6.45, 7) is 5.82. The summed E-state index contributed by atoms with van der Waals surface area (Å²) in [6.07, 6.45) is 0.758. The van der Waals surface area contributed by atoms with Crippen LogP contribution in [0.3, 0.4) is 0 Å². The molecule has 0 heterocycles. The molecular formula is C19H19NO2. The maximum Gasteiger partial charge on any atom is 0.230 e. The van der Waals surface area contributed by atoms with Crippen molar-refractivity contribution in [3.05, 3.63) is 53.6 Å². The normalized spacial score (nSPS) is 12.8. The van der Waals surface area contributed by atoms with Crippen molar-refractivity contribution < 1.29 is 9.59 Å². The molecule has 112 valence electrons. The first kappa shape index (κ1) is 14.5. The van der Waals surface area contributed by atoms with Gasteiger partial charge in [-0.25, -0.2) is 0 Å². The fourth-order valence-corrected chi connectivity index (χ4v) is 2.57. The van der Waals surface area contributed by atoms with E-state index in [1.165, 1.54) is 0 Å². The summed E-state index contributed by atoms with van der Waals surface area (Å²) in [7, 11) is 0. The van der Waals surface area contributed by atoms with Gasteiger partial charge in [0.25, 0.3) is 0 Å². The first-order valence-corrected chi connectivity index (χ1v) is 7.53. The first-order chi connectivity index (χ1) is 10.4.